The van der Waals surface area contributed by atoms with E-state index in [4.69, 9.17) is 10.1 Å². The first-order valence-electron chi connectivity index (χ1n) is 10.2. The maximum absolute atomic E-state index is 10.8. The van der Waals surface area contributed by atoms with Crippen molar-refractivity contribution in [1.29, 1.82) is 0 Å². The molecule has 0 radical (unpaired) electrons. The Morgan fingerprint density at radius 3 is 2.72 bits per heavy atom. The molecule has 5 nitrogen and oxygen atoms in total. The van der Waals surface area contributed by atoms with Crippen molar-refractivity contribution in [3.63, 3.8) is 0 Å². The van der Waals surface area contributed by atoms with Gasteiger partial charge in [0.1, 0.15) is 5.82 Å². The molecule has 1 aromatic heterocycles. The van der Waals surface area contributed by atoms with E-state index in [9.17, 15) is 4.79 Å². The van der Waals surface area contributed by atoms with Crippen molar-refractivity contribution in [2.75, 3.05) is 11.1 Å². The quantitative estimate of drug-likeness (QED) is 0.410. The lowest BCUT2D eigenvalue weighted by atomic mass is 9.99. The van der Waals surface area contributed by atoms with Crippen molar-refractivity contribution in [3.8, 4) is 0 Å². The van der Waals surface area contributed by atoms with Gasteiger partial charge in [-0.05, 0) is 55.0 Å². The fourth-order valence-corrected chi connectivity index (χ4v) is 4.91. The second kappa shape index (κ2) is 7.67. The van der Waals surface area contributed by atoms with E-state index < -0.39 is 5.97 Å². The highest BCUT2D eigenvalue weighted by molar-refractivity contribution is 7.99. The third-order valence-corrected chi connectivity index (χ3v) is 6.54. The first-order chi connectivity index (χ1) is 14.2. The lowest BCUT2D eigenvalue weighted by molar-refractivity contribution is -0.136. The summed E-state index contributed by atoms with van der Waals surface area (Å²) in [5.74, 6) is 1.26. The molecule has 0 unspecified atom stereocenters. The number of fused-ring (bicyclic) bond motifs is 2. The summed E-state index contributed by atoms with van der Waals surface area (Å²) >= 11 is 1.41. The Bertz CT molecular complexity index is 1090. The van der Waals surface area contributed by atoms with Crippen molar-refractivity contribution in [2.45, 2.75) is 49.6 Å². The third kappa shape index (κ3) is 3.81. The van der Waals surface area contributed by atoms with Crippen LogP contribution in [0.25, 0.3) is 10.8 Å². The van der Waals surface area contributed by atoms with E-state index in [1.54, 1.807) is 0 Å². The molecule has 0 amide bonds. The molecule has 6 heteroatoms. The Morgan fingerprint density at radius 2 is 1.93 bits per heavy atom. The zero-order valence-corrected chi connectivity index (χ0v) is 17.0. The van der Waals surface area contributed by atoms with E-state index in [1.165, 1.54) is 46.5 Å². The van der Waals surface area contributed by atoms with E-state index in [0.717, 1.165) is 36.5 Å². The summed E-state index contributed by atoms with van der Waals surface area (Å²) in [6.45, 7) is 0. The van der Waals surface area contributed by atoms with E-state index >= 15 is 0 Å². The number of hydrogen-bond donors (Lipinski definition) is 2. The van der Waals surface area contributed by atoms with Crippen LogP contribution < -0.4 is 5.32 Å². The average molecular weight is 406 g/mol. The maximum Gasteiger partial charge on any atom is 0.304 e. The number of nitrogens with zero attached hydrogens (tertiary/aromatic N) is 2. The summed E-state index contributed by atoms with van der Waals surface area (Å²) in [6, 6.07) is 13.0. The SMILES string of the molecule is O=C(O)CCSc1nc2c(c(Nc3ccc(C4CC4)c4ccccc34)n1)CCC2. The highest BCUT2D eigenvalue weighted by Crippen LogP contribution is 2.44. The highest BCUT2D eigenvalue weighted by atomic mass is 32.2. The number of carboxylic acids is 1. The van der Waals surface area contributed by atoms with Gasteiger partial charge in [0.05, 0.1) is 12.1 Å². The van der Waals surface area contributed by atoms with Gasteiger partial charge in [0, 0.05) is 22.4 Å². The normalized spacial score (nSPS) is 15.4. The van der Waals surface area contributed by atoms with E-state index in [0.29, 0.717) is 16.8 Å². The Balaban J connectivity index is 1.49. The van der Waals surface area contributed by atoms with Crippen molar-refractivity contribution < 1.29 is 9.90 Å². The van der Waals surface area contributed by atoms with E-state index in [-0.39, 0.29) is 6.42 Å². The number of carbonyl (C=O) groups is 1. The van der Waals surface area contributed by atoms with Gasteiger partial charge in [-0.3, -0.25) is 4.79 Å². The Morgan fingerprint density at radius 1 is 1.10 bits per heavy atom. The number of hydrogen-bond acceptors (Lipinski definition) is 5. The number of rotatable bonds is 7. The molecular weight excluding hydrogens is 382 g/mol. The minimum absolute atomic E-state index is 0.112. The monoisotopic (exact) mass is 405 g/mol. The number of aliphatic carboxylic acids is 1. The predicted octanol–water partition coefficient (Wildman–Crippen LogP) is 5.31. The van der Waals surface area contributed by atoms with Gasteiger partial charge in [-0.15, -0.1) is 0 Å². The number of aromatic nitrogens is 2. The number of thioether (sulfide) groups is 1. The lowest BCUT2D eigenvalue weighted by Gasteiger charge is -2.15. The van der Waals surface area contributed by atoms with Crippen LogP contribution in [0.15, 0.2) is 41.6 Å². The summed E-state index contributed by atoms with van der Waals surface area (Å²) in [6.07, 6.45) is 5.71. The standard InChI is InChI=1S/C23H23N3O2S/c27-21(28)12-13-29-23-25-19-7-3-6-18(19)22(26-23)24-20-11-10-15(14-8-9-14)16-4-1-2-5-17(16)20/h1-2,4-5,10-11,14H,3,6-9,12-13H2,(H,27,28)(H,24,25,26). The van der Waals surface area contributed by atoms with Crippen LogP contribution in [-0.2, 0) is 17.6 Å². The molecule has 2 aliphatic carbocycles. The molecule has 0 bridgehead atoms. The van der Waals surface area contributed by atoms with Gasteiger partial charge in [-0.25, -0.2) is 9.97 Å². The van der Waals surface area contributed by atoms with Gasteiger partial charge >= 0.3 is 5.97 Å². The number of benzene rings is 2. The second-order valence-corrected chi connectivity index (χ2v) is 8.84. The first kappa shape index (κ1) is 18.4. The van der Waals surface area contributed by atoms with Crippen LogP contribution in [-0.4, -0.2) is 26.8 Å². The van der Waals surface area contributed by atoms with Crippen LogP contribution in [0.5, 0.6) is 0 Å². The summed E-state index contributed by atoms with van der Waals surface area (Å²) in [7, 11) is 0. The van der Waals surface area contributed by atoms with Crippen molar-refractivity contribution in [1.82, 2.24) is 9.97 Å². The van der Waals surface area contributed by atoms with Gasteiger partial charge < -0.3 is 10.4 Å². The van der Waals surface area contributed by atoms with Crippen LogP contribution in [0.1, 0.15) is 48.4 Å². The molecule has 1 fully saturated rings. The molecule has 3 aromatic rings. The Kier molecular flexibility index (Phi) is 4.87. The fraction of sp³-hybridized carbons (Fsp3) is 0.348. The van der Waals surface area contributed by atoms with Crippen LogP contribution >= 0.6 is 11.8 Å². The minimum Gasteiger partial charge on any atom is -0.481 e. The zero-order valence-electron chi connectivity index (χ0n) is 16.1. The number of aryl methyl sites for hydroxylation is 1. The number of nitrogens with one attached hydrogen (secondary N) is 1. The summed E-state index contributed by atoms with van der Waals surface area (Å²) in [4.78, 5) is 20.3. The lowest BCUT2D eigenvalue weighted by Crippen LogP contribution is -2.05. The molecule has 148 valence electrons. The van der Waals surface area contributed by atoms with Crippen LogP contribution in [0, 0.1) is 0 Å². The molecule has 1 saturated carbocycles. The Labute approximate surface area is 174 Å². The molecule has 1 heterocycles. The fourth-order valence-electron chi connectivity index (χ4n) is 4.12. The van der Waals surface area contributed by atoms with E-state index in [2.05, 4.69) is 46.7 Å². The van der Waals surface area contributed by atoms with Crippen LogP contribution in [0.4, 0.5) is 11.5 Å². The largest absolute Gasteiger partial charge is 0.481 e. The number of anilines is 2. The zero-order chi connectivity index (χ0) is 19.8. The highest BCUT2D eigenvalue weighted by Gasteiger charge is 2.26. The van der Waals surface area contributed by atoms with Gasteiger partial charge in [-0.1, -0.05) is 42.1 Å². The molecule has 2 aliphatic rings. The van der Waals surface area contributed by atoms with Crippen molar-refractivity contribution in [2.24, 2.45) is 0 Å². The molecule has 0 saturated heterocycles. The third-order valence-electron chi connectivity index (χ3n) is 5.69. The number of carboxylic acid groups (broad SMARTS) is 1. The van der Waals surface area contributed by atoms with Crippen LogP contribution in [0.2, 0.25) is 0 Å². The van der Waals surface area contributed by atoms with Crippen LogP contribution in [0.3, 0.4) is 0 Å². The van der Waals surface area contributed by atoms with Gasteiger partial charge in [0.15, 0.2) is 5.16 Å². The molecule has 0 spiro atoms. The molecule has 0 aliphatic heterocycles. The minimum atomic E-state index is -0.792. The maximum atomic E-state index is 10.8. The smallest absolute Gasteiger partial charge is 0.304 e. The first-order valence-corrected chi connectivity index (χ1v) is 11.2. The van der Waals surface area contributed by atoms with Gasteiger partial charge in [0.25, 0.3) is 0 Å². The molecule has 2 N–H and O–H groups in total. The average Bonchev–Trinajstić information content (AvgIpc) is 3.44. The molecule has 29 heavy (non-hydrogen) atoms. The predicted molar refractivity (Wildman–Crippen MR) is 116 cm³/mol. The van der Waals surface area contributed by atoms with Crippen molar-refractivity contribution >= 4 is 40.0 Å². The Hall–Kier alpha value is -2.60. The molecule has 5 rings (SSSR count). The second-order valence-electron chi connectivity index (χ2n) is 7.77. The van der Waals surface area contributed by atoms with Crippen molar-refractivity contribution in [3.05, 3.63) is 53.2 Å². The van der Waals surface area contributed by atoms with Gasteiger partial charge in [0.2, 0.25) is 0 Å². The summed E-state index contributed by atoms with van der Waals surface area (Å²) in [5, 5.41) is 15.7. The summed E-state index contributed by atoms with van der Waals surface area (Å²) in [5.41, 5.74) is 4.81. The van der Waals surface area contributed by atoms with Gasteiger partial charge in [-0.2, -0.15) is 0 Å². The topological polar surface area (TPSA) is 75.1 Å². The summed E-state index contributed by atoms with van der Waals surface area (Å²) < 4.78 is 0. The molecule has 0 atom stereocenters. The molecular formula is C23H23N3O2S. The molecule has 2 aromatic carbocycles. The van der Waals surface area contributed by atoms with E-state index in [1.807, 2.05) is 0 Å².